The van der Waals surface area contributed by atoms with Gasteiger partial charge >= 0.3 is 0 Å². The van der Waals surface area contributed by atoms with Crippen molar-refractivity contribution in [3.05, 3.63) is 69.4 Å². The van der Waals surface area contributed by atoms with Gasteiger partial charge in [-0.2, -0.15) is 5.26 Å². The fraction of sp³-hybridized carbons (Fsp3) is 0. The molecule has 88 valence electrons. The standard InChI is InChI=1S/C14H7BrFNO/c15-12-7-9(5-6-13(12)16)14(18)11-4-2-1-3-10(11)8-17/h1-7H. The number of rotatable bonds is 2. The van der Waals surface area contributed by atoms with E-state index in [0.29, 0.717) is 16.7 Å². The first-order valence-corrected chi connectivity index (χ1v) is 5.91. The van der Waals surface area contributed by atoms with E-state index in [-0.39, 0.29) is 10.3 Å². The zero-order valence-corrected chi connectivity index (χ0v) is 10.7. The second kappa shape index (κ2) is 5.11. The van der Waals surface area contributed by atoms with Gasteiger partial charge in [-0.3, -0.25) is 4.79 Å². The van der Waals surface area contributed by atoms with Crippen molar-refractivity contribution in [2.75, 3.05) is 0 Å². The van der Waals surface area contributed by atoms with E-state index in [0.717, 1.165) is 0 Å². The summed E-state index contributed by atoms with van der Waals surface area (Å²) in [6.45, 7) is 0. The van der Waals surface area contributed by atoms with Crippen LogP contribution in [0, 0.1) is 17.1 Å². The Morgan fingerprint density at radius 1 is 1.22 bits per heavy atom. The lowest BCUT2D eigenvalue weighted by Crippen LogP contribution is -2.04. The summed E-state index contributed by atoms with van der Waals surface area (Å²) in [5.41, 5.74) is 0.965. The number of nitriles is 1. The molecule has 0 aliphatic rings. The number of hydrogen-bond acceptors (Lipinski definition) is 2. The van der Waals surface area contributed by atoms with Gasteiger partial charge in [0.2, 0.25) is 0 Å². The molecule has 2 nitrogen and oxygen atoms in total. The molecule has 2 aromatic rings. The van der Waals surface area contributed by atoms with Gasteiger partial charge in [-0.1, -0.05) is 12.1 Å². The fourth-order valence-corrected chi connectivity index (χ4v) is 1.95. The molecule has 0 spiro atoms. The van der Waals surface area contributed by atoms with Gasteiger partial charge in [-0.25, -0.2) is 4.39 Å². The van der Waals surface area contributed by atoms with Crippen molar-refractivity contribution in [1.29, 1.82) is 5.26 Å². The van der Waals surface area contributed by atoms with E-state index in [1.54, 1.807) is 24.3 Å². The highest BCUT2D eigenvalue weighted by atomic mass is 79.9. The lowest BCUT2D eigenvalue weighted by molar-refractivity contribution is 0.103. The Balaban J connectivity index is 2.49. The van der Waals surface area contributed by atoms with Gasteiger partial charge in [0.05, 0.1) is 16.1 Å². The molecule has 0 unspecified atom stereocenters. The molecule has 0 bridgehead atoms. The van der Waals surface area contributed by atoms with Gasteiger partial charge in [0.25, 0.3) is 0 Å². The van der Waals surface area contributed by atoms with Crippen molar-refractivity contribution in [3.63, 3.8) is 0 Å². The average molecular weight is 304 g/mol. The molecule has 0 aromatic heterocycles. The molecule has 0 atom stereocenters. The maximum absolute atomic E-state index is 13.1. The molecule has 0 radical (unpaired) electrons. The number of hydrogen-bond donors (Lipinski definition) is 0. The van der Waals surface area contributed by atoms with Crippen LogP contribution in [0.4, 0.5) is 4.39 Å². The molecule has 0 heterocycles. The smallest absolute Gasteiger partial charge is 0.194 e. The van der Waals surface area contributed by atoms with Crippen molar-refractivity contribution >= 4 is 21.7 Å². The third-order valence-electron chi connectivity index (χ3n) is 2.47. The normalized spacial score (nSPS) is 9.83. The van der Waals surface area contributed by atoms with Crippen LogP contribution in [0.5, 0.6) is 0 Å². The maximum Gasteiger partial charge on any atom is 0.194 e. The van der Waals surface area contributed by atoms with E-state index < -0.39 is 5.82 Å². The van der Waals surface area contributed by atoms with Gasteiger partial charge in [0.1, 0.15) is 5.82 Å². The van der Waals surface area contributed by atoms with E-state index in [1.807, 2.05) is 6.07 Å². The van der Waals surface area contributed by atoms with Gasteiger partial charge in [0.15, 0.2) is 5.78 Å². The minimum atomic E-state index is -0.430. The van der Waals surface area contributed by atoms with Crippen LogP contribution in [0.1, 0.15) is 21.5 Å². The molecule has 0 fully saturated rings. The maximum atomic E-state index is 13.1. The van der Waals surface area contributed by atoms with E-state index >= 15 is 0 Å². The van der Waals surface area contributed by atoms with E-state index in [9.17, 15) is 9.18 Å². The highest BCUT2D eigenvalue weighted by Gasteiger charge is 2.14. The monoisotopic (exact) mass is 303 g/mol. The summed E-state index contributed by atoms with van der Waals surface area (Å²) in [4.78, 5) is 12.2. The van der Waals surface area contributed by atoms with Crippen LogP contribution in [0.2, 0.25) is 0 Å². The Hall–Kier alpha value is -1.99. The van der Waals surface area contributed by atoms with Crippen LogP contribution in [0.3, 0.4) is 0 Å². The van der Waals surface area contributed by atoms with Crippen LogP contribution < -0.4 is 0 Å². The fourth-order valence-electron chi connectivity index (χ4n) is 1.57. The number of carbonyl (C=O) groups excluding carboxylic acids is 1. The molecule has 0 saturated carbocycles. The van der Waals surface area contributed by atoms with Crippen molar-refractivity contribution < 1.29 is 9.18 Å². The van der Waals surface area contributed by atoms with Crippen LogP contribution in [0.15, 0.2) is 46.9 Å². The summed E-state index contributed by atoms with van der Waals surface area (Å²) in [7, 11) is 0. The summed E-state index contributed by atoms with van der Waals surface area (Å²) >= 11 is 3.03. The third kappa shape index (κ3) is 2.31. The predicted octanol–water partition coefficient (Wildman–Crippen LogP) is 3.69. The Labute approximate surface area is 112 Å². The zero-order chi connectivity index (χ0) is 13.1. The van der Waals surface area contributed by atoms with Crippen LogP contribution in [-0.4, -0.2) is 5.78 Å². The Morgan fingerprint density at radius 3 is 2.61 bits per heavy atom. The summed E-state index contributed by atoms with van der Waals surface area (Å²) in [5.74, 6) is -0.729. The van der Waals surface area contributed by atoms with Crippen LogP contribution in [0.25, 0.3) is 0 Å². The lowest BCUT2D eigenvalue weighted by atomic mass is 9.99. The molecular formula is C14H7BrFNO. The first-order chi connectivity index (χ1) is 8.63. The topological polar surface area (TPSA) is 40.9 Å². The summed E-state index contributed by atoms with van der Waals surface area (Å²) < 4.78 is 13.3. The predicted molar refractivity (Wildman–Crippen MR) is 68.7 cm³/mol. The SMILES string of the molecule is N#Cc1ccccc1C(=O)c1ccc(F)c(Br)c1. The Kier molecular flexibility index (Phi) is 3.54. The molecule has 0 aliphatic heterocycles. The molecule has 0 aliphatic carbocycles. The Bertz CT molecular complexity index is 661. The minimum absolute atomic E-state index is 0.225. The summed E-state index contributed by atoms with van der Waals surface area (Å²) in [5, 5.41) is 8.94. The third-order valence-corrected chi connectivity index (χ3v) is 3.08. The number of halogens is 2. The molecule has 18 heavy (non-hydrogen) atoms. The number of benzene rings is 2. The van der Waals surface area contributed by atoms with Crippen molar-refractivity contribution in [2.24, 2.45) is 0 Å². The summed E-state index contributed by atoms with van der Waals surface area (Å²) in [6, 6.07) is 12.5. The van der Waals surface area contributed by atoms with Crippen LogP contribution >= 0.6 is 15.9 Å². The highest BCUT2D eigenvalue weighted by Crippen LogP contribution is 2.20. The second-order valence-electron chi connectivity index (χ2n) is 3.62. The molecule has 4 heteroatoms. The number of nitrogens with zero attached hydrogens (tertiary/aromatic N) is 1. The number of ketones is 1. The molecular weight excluding hydrogens is 297 g/mol. The van der Waals surface area contributed by atoms with Gasteiger partial charge < -0.3 is 0 Å². The van der Waals surface area contributed by atoms with E-state index in [2.05, 4.69) is 15.9 Å². The van der Waals surface area contributed by atoms with E-state index in [1.165, 1.54) is 18.2 Å². The second-order valence-corrected chi connectivity index (χ2v) is 4.47. The van der Waals surface area contributed by atoms with Gasteiger partial charge in [-0.15, -0.1) is 0 Å². The Morgan fingerprint density at radius 2 is 1.94 bits per heavy atom. The highest BCUT2D eigenvalue weighted by molar-refractivity contribution is 9.10. The lowest BCUT2D eigenvalue weighted by Gasteiger charge is -2.04. The van der Waals surface area contributed by atoms with Crippen molar-refractivity contribution in [2.45, 2.75) is 0 Å². The zero-order valence-electron chi connectivity index (χ0n) is 9.15. The molecule has 2 rings (SSSR count). The van der Waals surface area contributed by atoms with Gasteiger partial charge in [-0.05, 0) is 46.3 Å². The minimum Gasteiger partial charge on any atom is -0.289 e. The molecule has 0 saturated heterocycles. The van der Waals surface area contributed by atoms with Crippen molar-refractivity contribution in [1.82, 2.24) is 0 Å². The quantitative estimate of drug-likeness (QED) is 0.794. The number of carbonyl (C=O) groups is 1. The molecule has 0 amide bonds. The first kappa shape index (κ1) is 12.5. The van der Waals surface area contributed by atoms with Crippen molar-refractivity contribution in [3.8, 4) is 6.07 Å². The average Bonchev–Trinajstić information content (AvgIpc) is 2.41. The molecule has 0 N–H and O–H groups in total. The van der Waals surface area contributed by atoms with Gasteiger partial charge in [0, 0.05) is 11.1 Å². The largest absolute Gasteiger partial charge is 0.289 e. The summed E-state index contributed by atoms with van der Waals surface area (Å²) in [6.07, 6.45) is 0. The van der Waals surface area contributed by atoms with Crippen LogP contribution in [-0.2, 0) is 0 Å². The molecule has 2 aromatic carbocycles. The van der Waals surface area contributed by atoms with E-state index in [4.69, 9.17) is 5.26 Å². The first-order valence-electron chi connectivity index (χ1n) is 5.12.